The number of hydrogen-bond acceptors (Lipinski definition) is 5. The van der Waals surface area contributed by atoms with Gasteiger partial charge in [-0.1, -0.05) is 54.6 Å². The molecule has 39 heavy (non-hydrogen) atoms. The molecular formula is C30H32F2N2O5. The quantitative estimate of drug-likeness (QED) is 0.365. The van der Waals surface area contributed by atoms with Crippen molar-refractivity contribution in [3.8, 4) is 0 Å². The highest BCUT2D eigenvalue weighted by Gasteiger charge is 2.19. The van der Waals surface area contributed by atoms with Gasteiger partial charge in [0.25, 0.3) is 0 Å². The van der Waals surface area contributed by atoms with Crippen LogP contribution in [-0.4, -0.2) is 71.3 Å². The van der Waals surface area contributed by atoms with Crippen LogP contribution in [0.5, 0.6) is 0 Å². The second kappa shape index (κ2) is 15.5. The average molecular weight is 539 g/mol. The molecule has 206 valence electrons. The summed E-state index contributed by atoms with van der Waals surface area (Å²) in [6, 6.07) is 23.2. The highest BCUT2D eigenvalue weighted by atomic mass is 19.1. The molecule has 7 nitrogen and oxygen atoms in total. The number of halogens is 2. The molecule has 0 aromatic heterocycles. The molecule has 2 N–H and O–H groups in total. The summed E-state index contributed by atoms with van der Waals surface area (Å²) in [5, 5.41) is 15.6. The van der Waals surface area contributed by atoms with Crippen LogP contribution in [0, 0.1) is 11.6 Å². The SMILES string of the molecule is Fc1ccc(C(OCCN2CCN(Cc3ccccc3)CC2)c2ccc(F)cc2)cc1.O=C(O)C=CC(=O)O. The summed E-state index contributed by atoms with van der Waals surface area (Å²) in [6.45, 7) is 6.46. The Balaban J connectivity index is 0.000000459. The van der Waals surface area contributed by atoms with Crippen LogP contribution >= 0.6 is 0 Å². The Morgan fingerprint density at radius 3 is 1.67 bits per heavy atom. The largest absolute Gasteiger partial charge is 0.478 e. The summed E-state index contributed by atoms with van der Waals surface area (Å²) in [4.78, 5) is 24.0. The maximum atomic E-state index is 13.4. The number of hydrogen-bond donors (Lipinski definition) is 2. The minimum atomic E-state index is -1.26. The van der Waals surface area contributed by atoms with Gasteiger partial charge in [-0.05, 0) is 41.0 Å². The molecule has 1 fully saturated rings. The van der Waals surface area contributed by atoms with Gasteiger partial charge in [0.05, 0.1) is 6.61 Å². The second-order valence-corrected chi connectivity index (χ2v) is 8.97. The van der Waals surface area contributed by atoms with Gasteiger partial charge in [0, 0.05) is 51.4 Å². The minimum Gasteiger partial charge on any atom is -0.478 e. The number of carboxylic acid groups (broad SMARTS) is 2. The molecule has 1 heterocycles. The fourth-order valence-corrected chi connectivity index (χ4v) is 4.11. The van der Waals surface area contributed by atoms with Gasteiger partial charge in [-0.15, -0.1) is 0 Å². The van der Waals surface area contributed by atoms with Crippen LogP contribution in [0.1, 0.15) is 22.8 Å². The van der Waals surface area contributed by atoms with Crippen LogP contribution in [0.2, 0.25) is 0 Å². The van der Waals surface area contributed by atoms with Gasteiger partial charge in [0.2, 0.25) is 0 Å². The highest BCUT2D eigenvalue weighted by Crippen LogP contribution is 2.26. The van der Waals surface area contributed by atoms with Crippen molar-refractivity contribution >= 4 is 11.9 Å². The fraction of sp³-hybridized carbons (Fsp3) is 0.267. The Labute approximate surface area is 226 Å². The van der Waals surface area contributed by atoms with E-state index >= 15 is 0 Å². The van der Waals surface area contributed by atoms with E-state index in [9.17, 15) is 18.4 Å². The molecule has 0 radical (unpaired) electrons. The van der Waals surface area contributed by atoms with Crippen LogP contribution in [-0.2, 0) is 20.9 Å². The molecule has 0 spiro atoms. The van der Waals surface area contributed by atoms with E-state index in [1.54, 1.807) is 24.3 Å². The van der Waals surface area contributed by atoms with E-state index in [-0.39, 0.29) is 17.7 Å². The van der Waals surface area contributed by atoms with Crippen LogP contribution < -0.4 is 0 Å². The van der Waals surface area contributed by atoms with E-state index in [2.05, 4.69) is 34.1 Å². The molecular weight excluding hydrogens is 506 g/mol. The number of carbonyl (C=O) groups is 2. The van der Waals surface area contributed by atoms with Crippen molar-refractivity contribution in [2.45, 2.75) is 12.6 Å². The lowest BCUT2D eigenvalue weighted by Crippen LogP contribution is -2.46. The average Bonchev–Trinajstić information content (AvgIpc) is 2.93. The van der Waals surface area contributed by atoms with Gasteiger partial charge in [-0.3, -0.25) is 9.80 Å². The van der Waals surface area contributed by atoms with Crippen LogP contribution in [0.25, 0.3) is 0 Å². The van der Waals surface area contributed by atoms with E-state index < -0.39 is 11.9 Å². The number of ether oxygens (including phenoxy) is 1. The summed E-state index contributed by atoms with van der Waals surface area (Å²) in [7, 11) is 0. The van der Waals surface area contributed by atoms with Gasteiger partial charge in [0.15, 0.2) is 0 Å². The third-order valence-corrected chi connectivity index (χ3v) is 6.12. The van der Waals surface area contributed by atoms with Gasteiger partial charge in [0.1, 0.15) is 17.7 Å². The van der Waals surface area contributed by atoms with Crippen LogP contribution in [0.15, 0.2) is 91.0 Å². The number of piperazine rings is 1. The molecule has 1 saturated heterocycles. The second-order valence-electron chi connectivity index (χ2n) is 8.97. The molecule has 0 atom stereocenters. The maximum Gasteiger partial charge on any atom is 0.328 e. The van der Waals surface area contributed by atoms with Crippen molar-refractivity contribution in [2.75, 3.05) is 39.3 Å². The minimum absolute atomic E-state index is 0.282. The molecule has 0 unspecified atom stereocenters. The number of benzene rings is 3. The maximum absolute atomic E-state index is 13.4. The molecule has 0 aliphatic carbocycles. The summed E-state index contributed by atoms with van der Waals surface area (Å²) in [5.74, 6) is -3.08. The zero-order chi connectivity index (χ0) is 28.0. The lowest BCUT2D eigenvalue weighted by Gasteiger charge is -2.35. The zero-order valence-electron chi connectivity index (χ0n) is 21.5. The van der Waals surface area contributed by atoms with Gasteiger partial charge < -0.3 is 14.9 Å². The number of rotatable bonds is 10. The predicted octanol–water partition coefficient (Wildman–Crippen LogP) is 4.60. The van der Waals surface area contributed by atoms with E-state index in [1.165, 1.54) is 29.8 Å². The summed E-state index contributed by atoms with van der Waals surface area (Å²) in [5.41, 5.74) is 3.07. The molecule has 4 rings (SSSR count). The lowest BCUT2D eigenvalue weighted by atomic mass is 10.0. The van der Waals surface area contributed by atoms with Crippen molar-refractivity contribution in [1.29, 1.82) is 0 Å². The summed E-state index contributed by atoms with van der Waals surface area (Å²) >= 11 is 0. The van der Waals surface area contributed by atoms with Gasteiger partial charge >= 0.3 is 11.9 Å². The zero-order valence-corrected chi connectivity index (χ0v) is 21.5. The molecule has 1 aliphatic rings. The van der Waals surface area contributed by atoms with E-state index in [4.69, 9.17) is 14.9 Å². The first kappa shape index (κ1) is 29.6. The lowest BCUT2D eigenvalue weighted by molar-refractivity contribution is -0.134. The Bertz CT molecular complexity index is 1130. The molecule has 0 saturated carbocycles. The number of nitrogens with zero attached hydrogens (tertiary/aromatic N) is 2. The number of carboxylic acids is 2. The molecule has 0 amide bonds. The molecule has 0 bridgehead atoms. The highest BCUT2D eigenvalue weighted by molar-refractivity contribution is 5.89. The Morgan fingerprint density at radius 2 is 1.21 bits per heavy atom. The Morgan fingerprint density at radius 1 is 0.744 bits per heavy atom. The topological polar surface area (TPSA) is 90.3 Å². The molecule has 3 aromatic rings. The van der Waals surface area contributed by atoms with E-state index in [1.807, 2.05) is 6.07 Å². The van der Waals surface area contributed by atoms with Crippen molar-refractivity contribution in [3.63, 3.8) is 0 Å². The normalized spacial score (nSPS) is 14.2. The van der Waals surface area contributed by atoms with Crippen LogP contribution in [0.3, 0.4) is 0 Å². The standard InChI is InChI=1S/C26H28F2N2O.C4H4O4/c27-24-10-6-22(7-11-24)26(23-8-12-25(28)13-9-23)31-19-18-29-14-16-30(17-15-29)20-21-4-2-1-3-5-21;5-3(6)1-2-4(7)8/h1-13,26H,14-20H2;1-2H,(H,5,6)(H,7,8). The third-order valence-electron chi connectivity index (χ3n) is 6.12. The van der Waals surface area contributed by atoms with Crippen molar-refractivity contribution in [2.24, 2.45) is 0 Å². The van der Waals surface area contributed by atoms with Crippen LogP contribution in [0.4, 0.5) is 8.78 Å². The Kier molecular flexibility index (Phi) is 11.8. The monoisotopic (exact) mass is 538 g/mol. The summed E-state index contributed by atoms with van der Waals surface area (Å²) in [6.07, 6.45) is 0.769. The molecule has 3 aromatic carbocycles. The van der Waals surface area contributed by atoms with Crippen molar-refractivity contribution < 1.29 is 33.3 Å². The fourth-order valence-electron chi connectivity index (χ4n) is 4.11. The van der Waals surface area contributed by atoms with Gasteiger partial charge in [-0.25, -0.2) is 18.4 Å². The van der Waals surface area contributed by atoms with Gasteiger partial charge in [-0.2, -0.15) is 0 Å². The number of aliphatic carboxylic acids is 2. The van der Waals surface area contributed by atoms with E-state index in [0.717, 1.165) is 50.4 Å². The first-order valence-electron chi connectivity index (χ1n) is 12.6. The summed E-state index contributed by atoms with van der Waals surface area (Å²) < 4.78 is 33.0. The predicted molar refractivity (Wildman–Crippen MR) is 143 cm³/mol. The van der Waals surface area contributed by atoms with Crippen molar-refractivity contribution in [3.05, 3.63) is 119 Å². The smallest absolute Gasteiger partial charge is 0.328 e. The molecule has 1 aliphatic heterocycles. The Hall–Kier alpha value is -3.92. The van der Waals surface area contributed by atoms with Crippen molar-refractivity contribution in [1.82, 2.24) is 9.80 Å². The third kappa shape index (κ3) is 10.8. The first-order chi connectivity index (χ1) is 18.8. The molecule has 9 heteroatoms. The van der Waals surface area contributed by atoms with E-state index in [0.29, 0.717) is 18.8 Å². The first-order valence-corrected chi connectivity index (χ1v) is 12.6.